The number of ether oxygens (including phenoxy) is 2. The van der Waals surface area contributed by atoms with E-state index in [1.165, 1.54) is 14.2 Å². The van der Waals surface area contributed by atoms with E-state index >= 15 is 0 Å². The summed E-state index contributed by atoms with van der Waals surface area (Å²) in [7, 11) is 3.02. The molecule has 9 heteroatoms. The molecule has 144 valence electrons. The van der Waals surface area contributed by atoms with Crippen LogP contribution in [0, 0.1) is 0 Å². The summed E-state index contributed by atoms with van der Waals surface area (Å²) >= 11 is 1.11. The molecule has 28 heavy (non-hydrogen) atoms. The largest absolute Gasteiger partial charge is 0.497 e. The Bertz CT molecular complexity index is 975. The van der Waals surface area contributed by atoms with E-state index in [0.717, 1.165) is 11.3 Å². The quantitative estimate of drug-likeness (QED) is 0.634. The summed E-state index contributed by atoms with van der Waals surface area (Å²) in [5.41, 5.74) is 1.04. The van der Waals surface area contributed by atoms with Crippen LogP contribution >= 0.6 is 11.3 Å². The zero-order valence-corrected chi connectivity index (χ0v) is 16.1. The number of carbonyl (C=O) groups excluding carboxylic acids is 2. The number of methoxy groups -OCH3 is 2. The second-order valence-corrected chi connectivity index (χ2v) is 6.63. The van der Waals surface area contributed by atoms with Crippen LogP contribution in [-0.2, 0) is 6.54 Å². The van der Waals surface area contributed by atoms with E-state index in [2.05, 4.69) is 20.8 Å². The van der Waals surface area contributed by atoms with Gasteiger partial charge in [-0.25, -0.2) is 0 Å². The number of anilines is 1. The predicted molar refractivity (Wildman–Crippen MR) is 105 cm³/mol. The van der Waals surface area contributed by atoms with E-state index in [9.17, 15) is 9.59 Å². The molecule has 2 aromatic carbocycles. The number of aromatic nitrogens is 2. The van der Waals surface area contributed by atoms with Gasteiger partial charge in [0.15, 0.2) is 0 Å². The lowest BCUT2D eigenvalue weighted by Gasteiger charge is -2.10. The van der Waals surface area contributed by atoms with E-state index < -0.39 is 0 Å². The van der Waals surface area contributed by atoms with Gasteiger partial charge >= 0.3 is 0 Å². The molecule has 0 aliphatic carbocycles. The first-order chi connectivity index (χ1) is 13.6. The Morgan fingerprint density at radius 1 is 1.00 bits per heavy atom. The van der Waals surface area contributed by atoms with Gasteiger partial charge in [0.25, 0.3) is 11.8 Å². The average Bonchev–Trinajstić information content (AvgIpc) is 3.21. The highest BCUT2D eigenvalue weighted by atomic mass is 32.1. The van der Waals surface area contributed by atoms with Gasteiger partial charge in [0.2, 0.25) is 5.01 Å². The molecule has 0 aliphatic heterocycles. The summed E-state index contributed by atoms with van der Waals surface area (Å²) in [6.45, 7) is 0.143. The number of nitrogens with zero attached hydrogens (tertiary/aromatic N) is 2. The third-order valence-corrected chi connectivity index (χ3v) is 4.67. The highest BCUT2D eigenvalue weighted by molar-refractivity contribution is 7.13. The molecule has 1 aromatic heterocycles. The highest BCUT2D eigenvalue weighted by Crippen LogP contribution is 2.24. The third-order valence-electron chi connectivity index (χ3n) is 3.75. The maximum absolute atomic E-state index is 12.4. The summed E-state index contributed by atoms with van der Waals surface area (Å²) in [4.78, 5) is 24.6. The zero-order chi connectivity index (χ0) is 19.9. The molecular weight excluding hydrogens is 380 g/mol. The number of carbonyl (C=O) groups is 2. The first kappa shape index (κ1) is 19.3. The number of hydrogen-bond acceptors (Lipinski definition) is 7. The maximum atomic E-state index is 12.4. The van der Waals surface area contributed by atoms with Crippen molar-refractivity contribution in [3.63, 3.8) is 0 Å². The van der Waals surface area contributed by atoms with Crippen LogP contribution in [-0.4, -0.2) is 36.2 Å². The SMILES string of the molecule is COc1ccc(C(=O)NCc2nnc(C(=O)Nc3ccccc3)s2)c(OC)c1. The van der Waals surface area contributed by atoms with Gasteiger partial charge in [-0.15, -0.1) is 10.2 Å². The smallest absolute Gasteiger partial charge is 0.286 e. The van der Waals surface area contributed by atoms with E-state index in [-0.39, 0.29) is 23.4 Å². The fourth-order valence-corrected chi connectivity index (χ4v) is 3.03. The van der Waals surface area contributed by atoms with Gasteiger partial charge in [-0.05, 0) is 24.3 Å². The van der Waals surface area contributed by atoms with Crippen LogP contribution in [0.3, 0.4) is 0 Å². The molecule has 0 saturated carbocycles. The molecule has 3 rings (SSSR count). The van der Waals surface area contributed by atoms with Crippen molar-refractivity contribution in [1.29, 1.82) is 0 Å². The van der Waals surface area contributed by atoms with Crippen molar-refractivity contribution in [3.05, 3.63) is 64.1 Å². The summed E-state index contributed by atoms with van der Waals surface area (Å²) in [5, 5.41) is 14.1. The minimum absolute atomic E-state index is 0.143. The van der Waals surface area contributed by atoms with Crippen LogP contribution in [0.5, 0.6) is 11.5 Å². The van der Waals surface area contributed by atoms with Crippen LogP contribution < -0.4 is 20.1 Å². The van der Waals surface area contributed by atoms with Crippen LogP contribution in [0.15, 0.2) is 48.5 Å². The molecule has 0 aliphatic rings. The number of para-hydroxylation sites is 1. The Kier molecular flexibility index (Phi) is 6.18. The molecular formula is C19H18N4O4S. The van der Waals surface area contributed by atoms with Gasteiger partial charge in [-0.1, -0.05) is 29.5 Å². The monoisotopic (exact) mass is 398 g/mol. The molecule has 0 radical (unpaired) electrons. The molecule has 1 heterocycles. The lowest BCUT2D eigenvalue weighted by Crippen LogP contribution is -2.23. The normalized spacial score (nSPS) is 10.2. The Morgan fingerprint density at radius 2 is 1.79 bits per heavy atom. The Morgan fingerprint density at radius 3 is 2.50 bits per heavy atom. The van der Waals surface area contributed by atoms with Crippen molar-refractivity contribution in [1.82, 2.24) is 15.5 Å². The Labute approximate surface area is 165 Å². The maximum Gasteiger partial charge on any atom is 0.286 e. The van der Waals surface area contributed by atoms with Crippen molar-refractivity contribution in [2.24, 2.45) is 0 Å². The van der Waals surface area contributed by atoms with Gasteiger partial charge < -0.3 is 20.1 Å². The van der Waals surface area contributed by atoms with Crippen LogP contribution in [0.1, 0.15) is 25.2 Å². The van der Waals surface area contributed by atoms with Crippen molar-refractivity contribution >= 4 is 28.8 Å². The number of nitrogens with one attached hydrogen (secondary N) is 2. The fraction of sp³-hybridized carbons (Fsp3) is 0.158. The minimum Gasteiger partial charge on any atom is -0.497 e. The van der Waals surface area contributed by atoms with E-state index in [1.54, 1.807) is 30.3 Å². The van der Waals surface area contributed by atoms with E-state index in [0.29, 0.717) is 27.8 Å². The van der Waals surface area contributed by atoms with Crippen LogP contribution in [0.25, 0.3) is 0 Å². The molecule has 8 nitrogen and oxygen atoms in total. The van der Waals surface area contributed by atoms with Crippen LogP contribution in [0.2, 0.25) is 0 Å². The molecule has 0 spiro atoms. The summed E-state index contributed by atoms with van der Waals surface area (Å²) in [6.07, 6.45) is 0. The van der Waals surface area contributed by atoms with Gasteiger partial charge in [0, 0.05) is 11.8 Å². The topological polar surface area (TPSA) is 102 Å². The standard InChI is InChI=1S/C19H18N4O4S/c1-26-13-8-9-14(15(10-13)27-2)17(24)20-11-16-22-23-19(28-16)18(25)21-12-6-4-3-5-7-12/h3-10H,11H2,1-2H3,(H,20,24)(H,21,25). The second-order valence-electron chi connectivity index (χ2n) is 5.57. The van der Waals surface area contributed by atoms with Crippen molar-refractivity contribution in [3.8, 4) is 11.5 Å². The Balaban J connectivity index is 1.61. The summed E-state index contributed by atoms with van der Waals surface area (Å²) < 4.78 is 10.4. The van der Waals surface area contributed by atoms with Gasteiger partial charge in [-0.2, -0.15) is 0 Å². The van der Waals surface area contributed by atoms with Gasteiger partial charge in [0.1, 0.15) is 16.5 Å². The number of rotatable bonds is 7. The number of benzene rings is 2. The second kappa shape index (κ2) is 8.96. The van der Waals surface area contributed by atoms with Crippen molar-refractivity contribution in [2.75, 3.05) is 19.5 Å². The minimum atomic E-state index is -0.349. The number of amides is 2. The summed E-state index contributed by atoms with van der Waals surface area (Å²) in [5.74, 6) is 0.312. The first-order valence-electron chi connectivity index (χ1n) is 8.29. The average molecular weight is 398 g/mol. The summed E-state index contributed by atoms with van der Waals surface area (Å²) in [6, 6.07) is 14.0. The van der Waals surface area contributed by atoms with Gasteiger partial charge in [0.05, 0.1) is 26.3 Å². The zero-order valence-electron chi connectivity index (χ0n) is 15.3. The molecule has 0 bridgehead atoms. The molecule has 2 amide bonds. The molecule has 0 saturated heterocycles. The molecule has 3 aromatic rings. The molecule has 0 atom stereocenters. The third kappa shape index (κ3) is 4.63. The molecule has 0 unspecified atom stereocenters. The van der Waals surface area contributed by atoms with Gasteiger partial charge in [-0.3, -0.25) is 9.59 Å². The van der Waals surface area contributed by atoms with Crippen LogP contribution in [0.4, 0.5) is 5.69 Å². The highest BCUT2D eigenvalue weighted by Gasteiger charge is 2.16. The first-order valence-corrected chi connectivity index (χ1v) is 9.11. The number of hydrogen-bond donors (Lipinski definition) is 2. The van der Waals surface area contributed by atoms with E-state index in [1.807, 2.05) is 18.2 Å². The molecule has 2 N–H and O–H groups in total. The predicted octanol–water partition coefficient (Wildman–Crippen LogP) is 2.74. The lowest BCUT2D eigenvalue weighted by molar-refractivity contribution is 0.0946. The van der Waals surface area contributed by atoms with E-state index in [4.69, 9.17) is 9.47 Å². The molecule has 0 fully saturated rings. The van der Waals surface area contributed by atoms with Crippen molar-refractivity contribution < 1.29 is 19.1 Å². The van der Waals surface area contributed by atoms with Crippen molar-refractivity contribution in [2.45, 2.75) is 6.54 Å². The fourth-order valence-electron chi connectivity index (χ4n) is 2.36. The lowest BCUT2D eigenvalue weighted by atomic mass is 10.1. The Hall–Kier alpha value is -3.46.